The fourth-order valence-electron chi connectivity index (χ4n) is 2.45. The summed E-state index contributed by atoms with van der Waals surface area (Å²) < 4.78 is 2.40. The van der Waals surface area contributed by atoms with Crippen LogP contribution in [0.4, 0.5) is 0 Å². The Balaban J connectivity index is 2.22. The van der Waals surface area contributed by atoms with Crippen molar-refractivity contribution in [2.24, 2.45) is 0 Å². The lowest BCUT2D eigenvalue weighted by Crippen LogP contribution is -2.06. The number of carboxylic acid groups (broad SMARTS) is 1. The molecule has 19 heavy (non-hydrogen) atoms. The van der Waals surface area contributed by atoms with E-state index in [2.05, 4.69) is 21.0 Å². The molecule has 0 saturated heterocycles. The second-order valence-corrected chi connectivity index (χ2v) is 5.38. The van der Waals surface area contributed by atoms with Crippen molar-refractivity contribution in [1.29, 1.82) is 0 Å². The lowest BCUT2D eigenvalue weighted by atomic mass is 10.2. The molecule has 1 aromatic heterocycles. The van der Waals surface area contributed by atoms with Gasteiger partial charge in [-0.1, -0.05) is 22.0 Å². The van der Waals surface area contributed by atoms with Gasteiger partial charge in [0.05, 0.1) is 17.5 Å². The van der Waals surface area contributed by atoms with Crippen LogP contribution in [0.5, 0.6) is 0 Å². The zero-order chi connectivity index (χ0) is 13.6. The molecule has 1 aromatic carbocycles. The number of carbonyl (C=O) groups is 1. The van der Waals surface area contributed by atoms with Crippen LogP contribution in [-0.4, -0.2) is 26.0 Å². The number of aromatic carboxylic acids is 1. The molecule has 98 valence electrons. The van der Waals surface area contributed by atoms with E-state index in [1.807, 2.05) is 24.3 Å². The van der Waals surface area contributed by atoms with Crippen LogP contribution in [0, 0.1) is 0 Å². The number of hydrogen-bond acceptors (Lipinski definition) is 3. The molecular weight excluding hydrogens is 312 g/mol. The maximum atomic E-state index is 11.2. The first kappa shape index (κ1) is 12.4. The molecule has 1 aliphatic rings. The molecule has 0 amide bonds. The number of nitrogens with zero attached hydrogens (tertiary/aromatic N) is 2. The van der Waals surface area contributed by atoms with Gasteiger partial charge in [0, 0.05) is 10.0 Å². The highest BCUT2D eigenvalue weighted by Gasteiger charge is 2.32. The van der Waals surface area contributed by atoms with Crippen LogP contribution in [-0.2, 0) is 6.42 Å². The van der Waals surface area contributed by atoms with Gasteiger partial charge < -0.3 is 10.2 Å². The summed E-state index contributed by atoms with van der Waals surface area (Å²) in [7, 11) is 0. The molecule has 0 bridgehead atoms. The van der Waals surface area contributed by atoms with Gasteiger partial charge in [-0.2, -0.15) is 5.10 Å². The van der Waals surface area contributed by atoms with Gasteiger partial charge in [-0.25, -0.2) is 9.48 Å². The molecule has 2 aromatic rings. The molecule has 0 radical (unpaired) electrons. The van der Waals surface area contributed by atoms with E-state index < -0.39 is 12.1 Å². The summed E-state index contributed by atoms with van der Waals surface area (Å²) in [5, 5.41) is 23.3. The molecule has 2 N–H and O–H groups in total. The van der Waals surface area contributed by atoms with E-state index >= 15 is 0 Å². The first-order valence-corrected chi connectivity index (χ1v) is 6.66. The number of hydrogen-bond donors (Lipinski definition) is 2. The minimum atomic E-state index is -1.06. The van der Waals surface area contributed by atoms with Crippen molar-refractivity contribution < 1.29 is 15.0 Å². The molecule has 1 aliphatic carbocycles. The van der Waals surface area contributed by atoms with Crippen molar-refractivity contribution in [1.82, 2.24) is 9.78 Å². The molecule has 1 atom stereocenters. The van der Waals surface area contributed by atoms with E-state index in [1.165, 1.54) is 4.68 Å². The van der Waals surface area contributed by atoms with E-state index in [0.717, 1.165) is 10.2 Å². The van der Waals surface area contributed by atoms with Gasteiger partial charge in [-0.15, -0.1) is 0 Å². The number of carboxylic acids is 1. The number of halogens is 1. The standard InChI is InChI=1S/C13H11BrN2O3/c14-7-2-1-3-8(6-7)16-12-9(4-5-10(12)17)11(15-16)13(18)19/h1-3,6,10,17H,4-5H2,(H,18,19). The van der Waals surface area contributed by atoms with Gasteiger partial charge in [-0.05, 0) is 31.0 Å². The fourth-order valence-corrected chi connectivity index (χ4v) is 2.83. The highest BCUT2D eigenvalue weighted by molar-refractivity contribution is 9.10. The zero-order valence-corrected chi connectivity index (χ0v) is 11.5. The molecule has 5 nitrogen and oxygen atoms in total. The van der Waals surface area contributed by atoms with E-state index in [-0.39, 0.29) is 5.69 Å². The van der Waals surface area contributed by atoms with Crippen LogP contribution < -0.4 is 0 Å². The van der Waals surface area contributed by atoms with Crippen LogP contribution >= 0.6 is 15.9 Å². The Bertz CT molecular complexity index is 666. The zero-order valence-electron chi connectivity index (χ0n) is 9.88. The van der Waals surface area contributed by atoms with Crippen molar-refractivity contribution in [3.05, 3.63) is 45.7 Å². The lowest BCUT2D eigenvalue weighted by Gasteiger charge is -2.09. The van der Waals surface area contributed by atoms with Crippen LogP contribution in [0.2, 0.25) is 0 Å². The van der Waals surface area contributed by atoms with Gasteiger partial charge in [0.25, 0.3) is 0 Å². The topological polar surface area (TPSA) is 75.3 Å². The molecule has 0 spiro atoms. The summed E-state index contributed by atoms with van der Waals surface area (Å²) in [5.41, 5.74) is 2.00. The van der Waals surface area contributed by atoms with Crippen molar-refractivity contribution in [3.8, 4) is 5.69 Å². The first-order chi connectivity index (χ1) is 9.08. The summed E-state index contributed by atoms with van der Waals surface area (Å²) in [6, 6.07) is 7.38. The highest BCUT2D eigenvalue weighted by Crippen LogP contribution is 2.35. The average molecular weight is 323 g/mol. The smallest absolute Gasteiger partial charge is 0.356 e. The summed E-state index contributed by atoms with van der Waals surface area (Å²) in [4.78, 5) is 11.2. The van der Waals surface area contributed by atoms with Crippen LogP contribution in [0.3, 0.4) is 0 Å². The van der Waals surface area contributed by atoms with Crippen LogP contribution in [0.1, 0.15) is 34.3 Å². The predicted octanol–water partition coefficient (Wildman–Crippen LogP) is 2.31. The van der Waals surface area contributed by atoms with Crippen molar-refractivity contribution in [2.45, 2.75) is 18.9 Å². The maximum Gasteiger partial charge on any atom is 0.356 e. The Kier molecular flexibility index (Phi) is 2.91. The minimum Gasteiger partial charge on any atom is -0.476 e. The normalized spacial score (nSPS) is 17.5. The lowest BCUT2D eigenvalue weighted by molar-refractivity contribution is 0.0688. The van der Waals surface area contributed by atoms with E-state index in [1.54, 1.807) is 0 Å². The van der Waals surface area contributed by atoms with E-state index in [0.29, 0.717) is 24.1 Å². The van der Waals surface area contributed by atoms with Crippen molar-refractivity contribution in [2.75, 3.05) is 0 Å². The van der Waals surface area contributed by atoms with E-state index in [4.69, 9.17) is 0 Å². The number of rotatable bonds is 2. The van der Waals surface area contributed by atoms with E-state index in [9.17, 15) is 15.0 Å². The molecule has 0 aliphatic heterocycles. The first-order valence-electron chi connectivity index (χ1n) is 5.87. The summed E-state index contributed by atoms with van der Waals surface area (Å²) in [6.07, 6.45) is 0.433. The summed E-state index contributed by atoms with van der Waals surface area (Å²) in [5.74, 6) is -1.06. The molecule has 0 fully saturated rings. The summed E-state index contributed by atoms with van der Waals surface area (Å²) in [6.45, 7) is 0. The second-order valence-electron chi connectivity index (χ2n) is 4.46. The molecule has 1 heterocycles. The van der Waals surface area contributed by atoms with Gasteiger partial charge in [0.2, 0.25) is 0 Å². The Morgan fingerprint density at radius 3 is 2.95 bits per heavy atom. The third-order valence-corrected chi connectivity index (χ3v) is 3.76. The van der Waals surface area contributed by atoms with Gasteiger partial charge >= 0.3 is 5.97 Å². The van der Waals surface area contributed by atoms with Gasteiger partial charge in [0.1, 0.15) is 0 Å². The average Bonchev–Trinajstić information content (AvgIpc) is 2.90. The van der Waals surface area contributed by atoms with Crippen molar-refractivity contribution in [3.63, 3.8) is 0 Å². The number of aromatic nitrogens is 2. The highest BCUT2D eigenvalue weighted by atomic mass is 79.9. The minimum absolute atomic E-state index is 0.0338. The molecular formula is C13H11BrN2O3. The Hall–Kier alpha value is -1.66. The molecule has 3 rings (SSSR count). The molecule has 0 saturated carbocycles. The predicted molar refractivity (Wildman–Crippen MR) is 71.5 cm³/mol. The van der Waals surface area contributed by atoms with Crippen LogP contribution in [0.25, 0.3) is 5.69 Å². The maximum absolute atomic E-state index is 11.2. The number of aliphatic hydroxyl groups excluding tert-OH is 1. The quantitative estimate of drug-likeness (QED) is 0.889. The monoisotopic (exact) mass is 322 g/mol. The number of benzene rings is 1. The molecule has 1 unspecified atom stereocenters. The van der Waals surface area contributed by atoms with Gasteiger partial charge in [-0.3, -0.25) is 0 Å². The summed E-state index contributed by atoms with van der Waals surface area (Å²) >= 11 is 3.37. The molecule has 6 heteroatoms. The number of aliphatic hydroxyl groups is 1. The number of fused-ring (bicyclic) bond motifs is 1. The largest absolute Gasteiger partial charge is 0.476 e. The Labute approximate surface area is 117 Å². The third kappa shape index (κ3) is 1.97. The SMILES string of the molecule is O=C(O)c1nn(-c2cccc(Br)c2)c2c1CCC2O. The fraction of sp³-hybridized carbons (Fsp3) is 0.231. The Morgan fingerprint density at radius 1 is 1.47 bits per heavy atom. The third-order valence-electron chi connectivity index (χ3n) is 3.26. The van der Waals surface area contributed by atoms with Crippen molar-refractivity contribution >= 4 is 21.9 Å². The Morgan fingerprint density at radius 2 is 2.26 bits per heavy atom. The second kappa shape index (κ2) is 4.47. The van der Waals surface area contributed by atoms with Crippen LogP contribution in [0.15, 0.2) is 28.7 Å². The van der Waals surface area contributed by atoms with Gasteiger partial charge in [0.15, 0.2) is 5.69 Å².